The molecule has 76 valence electrons. The molecule has 0 aromatic rings. The first-order chi connectivity index (χ1) is 5.97. The van der Waals surface area contributed by atoms with Crippen molar-refractivity contribution in [2.24, 2.45) is 5.41 Å². The number of thioether (sulfide) groups is 1. The molecule has 13 heavy (non-hydrogen) atoms. The molecule has 0 bridgehead atoms. The van der Waals surface area contributed by atoms with E-state index in [-0.39, 0.29) is 0 Å². The van der Waals surface area contributed by atoms with Gasteiger partial charge in [-0.1, -0.05) is 39.8 Å². The van der Waals surface area contributed by atoms with Gasteiger partial charge >= 0.3 is 0 Å². The van der Waals surface area contributed by atoms with Gasteiger partial charge in [0.05, 0.1) is 0 Å². The number of rotatable bonds is 3. The molecule has 0 saturated heterocycles. The van der Waals surface area contributed by atoms with Crippen LogP contribution in [0.2, 0.25) is 0 Å². The van der Waals surface area contributed by atoms with Crippen molar-refractivity contribution in [1.29, 1.82) is 0 Å². The Labute approximate surface area is 87.2 Å². The van der Waals surface area contributed by atoms with Gasteiger partial charge in [0.2, 0.25) is 0 Å². The van der Waals surface area contributed by atoms with E-state index in [1.54, 1.807) is 0 Å². The smallest absolute Gasteiger partial charge is 0.00753 e. The van der Waals surface area contributed by atoms with Crippen LogP contribution in [0.3, 0.4) is 0 Å². The van der Waals surface area contributed by atoms with Crippen molar-refractivity contribution in [2.45, 2.75) is 51.7 Å². The van der Waals surface area contributed by atoms with E-state index in [1.165, 1.54) is 25.0 Å². The second-order valence-electron chi connectivity index (χ2n) is 5.13. The average molecular weight is 198 g/mol. The molecule has 0 aromatic carbocycles. The molecule has 0 spiro atoms. The summed E-state index contributed by atoms with van der Waals surface area (Å²) in [5.41, 5.74) is 0.595. The van der Waals surface area contributed by atoms with Crippen molar-refractivity contribution in [1.82, 2.24) is 0 Å². The largest absolute Gasteiger partial charge is 0.155 e. The summed E-state index contributed by atoms with van der Waals surface area (Å²) in [6.45, 7) is 9.26. The van der Waals surface area contributed by atoms with E-state index in [1.807, 2.05) is 0 Å². The van der Waals surface area contributed by atoms with E-state index in [4.69, 9.17) is 0 Å². The van der Waals surface area contributed by atoms with Gasteiger partial charge in [0.25, 0.3) is 0 Å². The van der Waals surface area contributed by atoms with Crippen LogP contribution in [0.1, 0.15) is 47.0 Å². The fourth-order valence-corrected chi connectivity index (χ4v) is 2.81. The lowest BCUT2D eigenvalue weighted by atomic mass is 9.85. The van der Waals surface area contributed by atoms with Gasteiger partial charge < -0.3 is 0 Å². The van der Waals surface area contributed by atoms with E-state index in [0.717, 1.165) is 0 Å². The van der Waals surface area contributed by atoms with Crippen LogP contribution in [-0.4, -0.2) is 10.5 Å². The van der Waals surface area contributed by atoms with Gasteiger partial charge in [-0.15, -0.1) is 0 Å². The number of allylic oxidation sites excluding steroid dienone is 2. The van der Waals surface area contributed by atoms with Crippen LogP contribution < -0.4 is 0 Å². The predicted octanol–water partition coefficient (Wildman–Crippen LogP) is 4.26. The lowest BCUT2D eigenvalue weighted by molar-refractivity contribution is 0.346. The second kappa shape index (κ2) is 4.08. The highest BCUT2D eigenvalue weighted by Gasteiger charge is 2.30. The normalized spacial score (nSPS) is 20.9. The zero-order valence-electron chi connectivity index (χ0n) is 9.39. The topological polar surface area (TPSA) is 0 Å². The van der Waals surface area contributed by atoms with E-state index in [0.29, 0.717) is 10.2 Å². The summed E-state index contributed by atoms with van der Waals surface area (Å²) in [7, 11) is 0. The van der Waals surface area contributed by atoms with E-state index in [2.05, 4.69) is 51.6 Å². The van der Waals surface area contributed by atoms with Gasteiger partial charge in [0.1, 0.15) is 0 Å². The first-order valence-electron chi connectivity index (χ1n) is 5.26. The van der Waals surface area contributed by atoms with Crippen LogP contribution in [0.5, 0.6) is 0 Å². The van der Waals surface area contributed by atoms with Crippen molar-refractivity contribution in [3.8, 4) is 0 Å². The summed E-state index contributed by atoms with van der Waals surface area (Å²) in [4.78, 5) is 0. The van der Waals surface area contributed by atoms with Crippen LogP contribution in [-0.2, 0) is 0 Å². The lowest BCUT2D eigenvalue weighted by Crippen LogP contribution is -2.22. The van der Waals surface area contributed by atoms with E-state index >= 15 is 0 Å². The van der Waals surface area contributed by atoms with Crippen molar-refractivity contribution < 1.29 is 0 Å². The lowest BCUT2D eigenvalue weighted by Gasteiger charge is -2.30. The molecule has 0 N–H and O–H groups in total. The van der Waals surface area contributed by atoms with Crippen molar-refractivity contribution >= 4 is 11.8 Å². The molecule has 0 aliphatic heterocycles. The quantitative estimate of drug-likeness (QED) is 0.610. The molecule has 1 aliphatic rings. The average Bonchev–Trinajstić information content (AvgIpc) is 2.49. The van der Waals surface area contributed by atoms with Crippen LogP contribution in [0.4, 0.5) is 0 Å². The van der Waals surface area contributed by atoms with Gasteiger partial charge in [-0.25, -0.2) is 0 Å². The highest BCUT2D eigenvalue weighted by atomic mass is 32.2. The summed E-state index contributed by atoms with van der Waals surface area (Å²) in [5, 5.41) is 0. The SMILES string of the molecule is CCC1(CSC(C)(C)C)CC=CC1. The van der Waals surface area contributed by atoms with Gasteiger partial charge in [0, 0.05) is 10.5 Å². The summed E-state index contributed by atoms with van der Waals surface area (Å²) in [6.07, 6.45) is 8.63. The summed E-state index contributed by atoms with van der Waals surface area (Å²) in [5.74, 6) is 1.32. The zero-order chi connectivity index (χ0) is 9.95. The first-order valence-corrected chi connectivity index (χ1v) is 6.25. The Balaban J connectivity index is 2.41. The van der Waals surface area contributed by atoms with Gasteiger partial charge in [-0.2, -0.15) is 11.8 Å². The number of hydrogen-bond acceptors (Lipinski definition) is 1. The maximum atomic E-state index is 2.35. The third-order valence-corrected chi connectivity index (χ3v) is 4.45. The van der Waals surface area contributed by atoms with Crippen molar-refractivity contribution in [3.63, 3.8) is 0 Å². The van der Waals surface area contributed by atoms with Crippen LogP contribution in [0.25, 0.3) is 0 Å². The Kier molecular flexibility index (Phi) is 3.50. The van der Waals surface area contributed by atoms with Crippen LogP contribution >= 0.6 is 11.8 Å². The summed E-state index contributed by atoms with van der Waals surface area (Å²) in [6, 6.07) is 0. The maximum Gasteiger partial charge on any atom is 0.00753 e. The molecule has 0 fully saturated rings. The molecule has 0 saturated carbocycles. The minimum atomic E-state index is 0.421. The molecule has 0 heterocycles. The highest BCUT2D eigenvalue weighted by molar-refractivity contribution is 8.00. The Morgan fingerprint density at radius 2 is 1.77 bits per heavy atom. The minimum Gasteiger partial charge on any atom is -0.155 e. The monoisotopic (exact) mass is 198 g/mol. The van der Waals surface area contributed by atoms with Crippen LogP contribution in [0, 0.1) is 5.41 Å². The van der Waals surface area contributed by atoms with Crippen molar-refractivity contribution in [3.05, 3.63) is 12.2 Å². The predicted molar refractivity (Wildman–Crippen MR) is 63.3 cm³/mol. The van der Waals surface area contributed by atoms with Crippen molar-refractivity contribution in [2.75, 3.05) is 5.75 Å². The van der Waals surface area contributed by atoms with Gasteiger partial charge in [0.15, 0.2) is 0 Å². The van der Waals surface area contributed by atoms with Gasteiger partial charge in [-0.3, -0.25) is 0 Å². The first kappa shape index (κ1) is 11.2. The molecule has 1 rings (SSSR count). The molecule has 0 nitrogen and oxygen atoms in total. The molecule has 1 aliphatic carbocycles. The summed E-state index contributed by atoms with van der Waals surface area (Å²) >= 11 is 2.11. The maximum absolute atomic E-state index is 2.35. The second-order valence-corrected chi connectivity index (χ2v) is 6.94. The third-order valence-electron chi connectivity index (χ3n) is 2.83. The Hall–Kier alpha value is 0.0900. The Bertz CT molecular complexity index is 178. The molecule has 0 atom stereocenters. The number of hydrogen-bond donors (Lipinski definition) is 0. The Morgan fingerprint density at radius 1 is 1.23 bits per heavy atom. The van der Waals surface area contributed by atoms with E-state index < -0.39 is 0 Å². The fourth-order valence-electron chi connectivity index (χ4n) is 1.63. The molecular formula is C12H22S. The molecule has 0 aromatic heterocycles. The standard InChI is InChI=1S/C12H22S/c1-5-12(8-6-7-9-12)10-13-11(2,3)4/h6-7H,5,8-10H2,1-4H3. The molecule has 0 unspecified atom stereocenters. The Morgan fingerprint density at radius 3 is 2.15 bits per heavy atom. The van der Waals surface area contributed by atoms with E-state index in [9.17, 15) is 0 Å². The van der Waals surface area contributed by atoms with Gasteiger partial charge in [-0.05, 0) is 24.7 Å². The minimum absolute atomic E-state index is 0.421. The molecule has 0 amide bonds. The third kappa shape index (κ3) is 3.38. The van der Waals surface area contributed by atoms with Crippen LogP contribution in [0.15, 0.2) is 12.2 Å². The zero-order valence-corrected chi connectivity index (χ0v) is 10.2. The molecule has 0 radical (unpaired) electrons. The summed E-state index contributed by atoms with van der Waals surface area (Å²) < 4.78 is 0.421. The molecular weight excluding hydrogens is 176 g/mol. The molecule has 1 heteroatoms. The fraction of sp³-hybridized carbons (Fsp3) is 0.833. The highest BCUT2D eigenvalue weighted by Crippen LogP contribution is 2.42.